The monoisotopic (exact) mass is 395 g/mol. The van der Waals surface area contributed by atoms with Gasteiger partial charge in [0, 0.05) is 12.1 Å². The fourth-order valence-corrected chi connectivity index (χ4v) is 4.38. The molecule has 2 heterocycles. The fourth-order valence-electron chi connectivity index (χ4n) is 2.69. The number of amides is 1. The maximum Gasteiger partial charge on any atom is 0.236 e. The average Bonchev–Trinajstić information content (AvgIpc) is 3.29. The molecule has 8 heteroatoms. The minimum absolute atomic E-state index is 0.106. The van der Waals surface area contributed by atoms with Crippen molar-refractivity contribution in [3.8, 4) is 11.4 Å². The molecule has 0 spiro atoms. The first-order valence-electron chi connectivity index (χ1n) is 8.51. The molecule has 0 saturated carbocycles. The molecule has 4 rings (SSSR count). The first kappa shape index (κ1) is 17.7. The number of hydrogen-bond donors (Lipinski definition) is 1. The Morgan fingerprint density at radius 3 is 2.67 bits per heavy atom. The van der Waals surface area contributed by atoms with E-state index in [4.69, 9.17) is 0 Å². The van der Waals surface area contributed by atoms with Crippen LogP contribution in [0.25, 0.3) is 21.6 Å². The summed E-state index contributed by atoms with van der Waals surface area (Å²) in [5, 5.41) is 12.8. The van der Waals surface area contributed by atoms with Crippen molar-refractivity contribution < 1.29 is 4.79 Å². The minimum Gasteiger partial charge on any atom is -0.302 e. The molecule has 4 aromatic rings. The molecule has 0 saturated heterocycles. The molecule has 0 aliphatic rings. The van der Waals surface area contributed by atoms with Gasteiger partial charge in [0.2, 0.25) is 5.91 Å². The molecule has 6 nitrogen and oxygen atoms in total. The number of carbonyl (C=O) groups is 1. The molecule has 0 fully saturated rings. The molecule has 1 amide bonds. The number of fused-ring (bicyclic) bond motifs is 1. The minimum atomic E-state index is -0.106. The summed E-state index contributed by atoms with van der Waals surface area (Å²) in [4.78, 5) is 16.7. The van der Waals surface area contributed by atoms with Crippen LogP contribution in [0.15, 0.2) is 59.8 Å². The molecule has 0 unspecified atom stereocenters. The zero-order valence-corrected chi connectivity index (χ0v) is 16.3. The predicted octanol–water partition coefficient (Wildman–Crippen LogP) is 4.31. The number of benzene rings is 2. The number of aromatic nitrogens is 4. The van der Waals surface area contributed by atoms with Gasteiger partial charge in [0.15, 0.2) is 16.1 Å². The molecule has 2 aromatic carbocycles. The van der Waals surface area contributed by atoms with Gasteiger partial charge in [0.25, 0.3) is 0 Å². The lowest BCUT2D eigenvalue weighted by Gasteiger charge is -2.07. The van der Waals surface area contributed by atoms with Crippen LogP contribution in [0.4, 0.5) is 5.13 Å². The highest BCUT2D eigenvalue weighted by atomic mass is 32.2. The number of rotatable bonds is 6. The maximum atomic E-state index is 12.3. The second kappa shape index (κ2) is 7.89. The third-order valence-corrected chi connectivity index (χ3v) is 5.86. The van der Waals surface area contributed by atoms with Crippen molar-refractivity contribution in [2.75, 3.05) is 11.1 Å². The molecule has 136 valence electrons. The Morgan fingerprint density at radius 2 is 1.89 bits per heavy atom. The van der Waals surface area contributed by atoms with Gasteiger partial charge in [-0.05, 0) is 19.1 Å². The number of hydrogen-bond acceptors (Lipinski definition) is 6. The topological polar surface area (TPSA) is 72.7 Å². The van der Waals surface area contributed by atoms with Gasteiger partial charge in [0.05, 0.1) is 16.0 Å². The van der Waals surface area contributed by atoms with Crippen LogP contribution in [0, 0.1) is 0 Å². The van der Waals surface area contributed by atoms with Gasteiger partial charge >= 0.3 is 0 Å². The Hall–Kier alpha value is -2.71. The summed E-state index contributed by atoms with van der Waals surface area (Å²) in [7, 11) is 0. The third-order valence-electron chi connectivity index (χ3n) is 3.94. The lowest BCUT2D eigenvalue weighted by atomic mass is 10.2. The van der Waals surface area contributed by atoms with Gasteiger partial charge in [-0.15, -0.1) is 10.2 Å². The second-order valence-corrected chi connectivity index (χ2v) is 7.71. The van der Waals surface area contributed by atoms with E-state index in [-0.39, 0.29) is 11.7 Å². The lowest BCUT2D eigenvalue weighted by Crippen LogP contribution is -2.14. The largest absolute Gasteiger partial charge is 0.302 e. The van der Waals surface area contributed by atoms with Crippen LogP contribution in [-0.2, 0) is 11.3 Å². The van der Waals surface area contributed by atoms with Crippen molar-refractivity contribution in [2.24, 2.45) is 0 Å². The number of para-hydroxylation sites is 1. The Balaban J connectivity index is 1.44. The summed E-state index contributed by atoms with van der Waals surface area (Å²) < 4.78 is 3.07. The number of anilines is 1. The Morgan fingerprint density at radius 1 is 1.11 bits per heavy atom. The summed E-state index contributed by atoms with van der Waals surface area (Å²) in [5.41, 5.74) is 1.90. The molecule has 0 atom stereocenters. The number of thioether (sulfide) groups is 1. The number of nitrogens with zero attached hydrogens (tertiary/aromatic N) is 4. The van der Waals surface area contributed by atoms with Crippen molar-refractivity contribution in [3.05, 3.63) is 54.6 Å². The van der Waals surface area contributed by atoms with E-state index in [2.05, 4.69) is 20.5 Å². The first-order chi connectivity index (χ1) is 13.2. The summed E-state index contributed by atoms with van der Waals surface area (Å²) in [6, 6.07) is 17.8. The molecule has 1 N–H and O–H groups in total. The van der Waals surface area contributed by atoms with Gasteiger partial charge < -0.3 is 9.88 Å². The first-order valence-corrected chi connectivity index (χ1v) is 10.3. The van der Waals surface area contributed by atoms with Gasteiger partial charge in [-0.3, -0.25) is 4.79 Å². The van der Waals surface area contributed by atoms with Crippen molar-refractivity contribution in [3.63, 3.8) is 0 Å². The molecular formula is C19H17N5OS2. The van der Waals surface area contributed by atoms with Crippen LogP contribution in [0.2, 0.25) is 0 Å². The number of nitrogens with one attached hydrogen (secondary N) is 1. The Kier molecular flexibility index (Phi) is 5.17. The van der Waals surface area contributed by atoms with Crippen LogP contribution < -0.4 is 5.32 Å². The van der Waals surface area contributed by atoms with Crippen LogP contribution in [0.3, 0.4) is 0 Å². The second-order valence-electron chi connectivity index (χ2n) is 5.74. The smallest absolute Gasteiger partial charge is 0.236 e. The molecular weight excluding hydrogens is 378 g/mol. The highest BCUT2D eigenvalue weighted by molar-refractivity contribution is 7.99. The van der Waals surface area contributed by atoms with E-state index in [1.807, 2.05) is 66.1 Å². The third kappa shape index (κ3) is 3.86. The molecule has 27 heavy (non-hydrogen) atoms. The van der Waals surface area contributed by atoms with E-state index < -0.39 is 0 Å². The molecule has 0 aliphatic carbocycles. The lowest BCUT2D eigenvalue weighted by molar-refractivity contribution is -0.113. The Labute approximate surface area is 164 Å². The number of carbonyl (C=O) groups excluding carboxylic acids is 1. The normalized spacial score (nSPS) is 11.0. The molecule has 0 radical (unpaired) electrons. The standard InChI is InChI=1S/C19H17N5OS2/c1-2-24-17(13-8-4-3-5-9-13)22-23-19(24)26-12-16(25)21-18-20-14-10-6-7-11-15(14)27-18/h3-11H,2,12H2,1H3,(H,20,21,25). The van der Waals surface area contributed by atoms with Crippen LogP contribution in [0.5, 0.6) is 0 Å². The van der Waals surface area contributed by atoms with Crippen molar-refractivity contribution >= 4 is 44.4 Å². The fraction of sp³-hybridized carbons (Fsp3) is 0.158. The van der Waals surface area contributed by atoms with Crippen molar-refractivity contribution in [1.29, 1.82) is 0 Å². The van der Waals surface area contributed by atoms with Gasteiger partial charge in [-0.2, -0.15) is 0 Å². The Bertz CT molecular complexity index is 1040. The quantitative estimate of drug-likeness (QED) is 0.493. The van der Waals surface area contributed by atoms with Crippen molar-refractivity contribution in [2.45, 2.75) is 18.6 Å². The van der Waals surface area contributed by atoms with E-state index in [0.29, 0.717) is 5.13 Å². The maximum absolute atomic E-state index is 12.3. The summed E-state index contributed by atoms with van der Waals surface area (Å²) >= 11 is 2.85. The molecule has 2 aromatic heterocycles. The SMILES string of the molecule is CCn1c(SCC(=O)Nc2nc3ccccc3s2)nnc1-c1ccccc1. The van der Waals surface area contributed by atoms with Gasteiger partial charge in [-0.1, -0.05) is 65.6 Å². The summed E-state index contributed by atoms with van der Waals surface area (Å²) in [6.07, 6.45) is 0. The average molecular weight is 396 g/mol. The summed E-state index contributed by atoms with van der Waals surface area (Å²) in [5.74, 6) is 0.959. The van der Waals surface area contributed by atoms with E-state index in [1.54, 1.807) is 0 Å². The zero-order valence-electron chi connectivity index (χ0n) is 14.6. The van der Waals surface area contributed by atoms with Crippen molar-refractivity contribution in [1.82, 2.24) is 19.7 Å². The highest BCUT2D eigenvalue weighted by Crippen LogP contribution is 2.26. The van der Waals surface area contributed by atoms with E-state index >= 15 is 0 Å². The van der Waals surface area contributed by atoms with Crippen LogP contribution in [0.1, 0.15) is 6.92 Å². The number of thiazole rings is 1. The summed E-state index contributed by atoms with van der Waals surface area (Å²) in [6.45, 7) is 2.78. The molecule has 0 bridgehead atoms. The van der Waals surface area contributed by atoms with E-state index in [1.165, 1.54) is 23.1 Å². The zero-order chi connectivity index (χ0) is 18.6. The van der Waals surface area contributed by atoms with Crippen LogP contribution >= 0.6 is 23.1 Å². The van der Waals surface area contributed by atoms with E-state index in [9.17, 15) is 4.79 Å². The van der Waals surface area contributed by atoms with Gasteiger partial charge in [-0.25, -0.2) is 4.98 Å². The van der Waals surface area contributed by atoms with Gasteiger partial charge in [0.1, 0.15) is 0 Å². The van der Waals surface area contributed by atoms with Crippen LogP contribution in [-0.4, -0.2) is 31.4 Å². The van der Waals surface area contributed by atoms with E-state index in [0.717, 1.165) is 33.3 Å². The highest BCUT2D eigenvalue weighted by Gasteiger charge is 2.15. The molecule has 0 aliphatic heterocycles. The predicted molar refractivity (Wildman–Crippen MR) is 110 cm³/mol.